The van der Waals surface area contributed by atoms with Crippen LogP contribution in [0.3, 0.4) is 0 Å². The number of carbonyl (C=O) groups excluding carboxylic acids is 2. The minimum absolute atomic E-state index is 0.0330. The third kappa shape index (κ3) is 8.06. The lowest BCUT2D eigenvalue weighted by Crippen LogP contribution is -2.38. The number of ether oxygens (including phenoxy) is 1. The molecular formula is C29H25F4N5O5S. The number of nitrogen functional groups attached to an aromatic ring is 1. The maximum Gasteiger partial charge on any atom is 0.490 e. The number of aliphatic carboxylic acids is 1. The van der Waals surface area contributed by atoms with E-state index in [2.05, 4.69) is 10.2 Å². The topological polar surface area (TPSA) is 159 Å². The van der Waals surface area contributed by atoms with E-state index in [0.29, 0.717) is 13.1 Å². The van der Waals surface area contributed by atoms with Crippen LogP contribution in [0.1, 0.15) is 28.8 Å². The zero-order valence-corrected chi connectivity index (χ0v) is 23.5. The number of aromatic nitrogens is 1. The number of halogens is 4. The van der Waals surface area contributed by atoms with Gasteiger partial charge in [0.2, 0.25) is 5.91 Å². The maximum absolute atomic E-state index is 14.3. The zero-order chi connectivity index (χ0) is 32.0. The van der Waals surface area contributed by atoms with E-state index in [1.54, 1.807) is 18.2 Å². The molecule has 1 aliphatic heterocycles. The van der Waals surface area contributed by atoms with Crippen LogP contribution in [-0.4, -0.2) is 53.0 Å². The van der Waals surface area contributed by atoms with Gasteiger partial charge in [-0.05, 0) is 61.4 Å². The molecule has 2 heterocycles. The predicted molar refractivity (Wildman–Crippen MR) is 156 cm³/mol. The molecule has 0 unspecified atom stereocenters. The third-order valence-electron chi connectivity index (χ3n) is 6.48. The number of carboxylic acids is 1. The van der Waals surface area contributed by atoms with Gasteiger partial charge in [-0.1, -0.05) is 29.5 Å². The molecule has 1 aromatic heterocycles. The van der Waals surface area contributed by atoms with Gasteiger partial charge in [0.25, 0.3) is 0 Å². The van der Waals surface area contributed by atoms with Gasteiger partial charge in [0.05, 0.1) is 15.8 Å². The fourth-order valence-electron chi connectivity index (χ4n) is 4.18. The first-order valence-electron chi connectivity index (χ1n) is 13.0. The number of hydrogen-bond donors (Lipinski definition) is 4. The summed E-state index contributed by atoms with van der Waals surface area (Å²) in [6.45, 7) is 1.41. The number of amides is 1. The second kappa shape index (κ2) is 13.5. The van der Waals surface area contributed by atoms with Gasteiger partial charge in [0, 0.05) is 30.3 Å². The number of amidine groups is 1. The standard InChI is InChI=1S/C27H24FN5O3S.C2HF3O2/c28-20-14-17(24(29)30)7-9-22(20)36-26(35)18-6-8-21-23(15-18)37-27(32-21)33-12-10-16(11-13-33)25(34)31-19-4-2-1-3-5-19;3-2(4,5)1(6)7/h1-9,14-16H,10-13H2,(H3,29,30)(H,31,34);(H,6,7). The van der Waals surface area contributed by atoms with Crippen molar-refractivity contribution in [1.29, 1.82) is 5.41 Å². The second-order valence-electron chi connectivity index (χ2n) is 9.55. The summed E-state index contributed by atoms with van der Waals surface area (Å²) in [5.74, 6) is -4.77. The molecule has 5 rings (SSSR count). The van der Waals surface area contributed by atoms with Crippen molar-refractivity contribution in [1.82, 2.24) is 4.98 Å². The van der Waals surface area contributed by atoms with Gasteiger partial charge in [-0.25, -0.2) is 19.0 Å². The number of hydrogen-bond acceptors (Lipinski definition) is 8. The summed E-state index contributed by atoms with van der Waals surface area (Å²) in [4.78, 5) is 41.0. The molecule has 15 heteroatoms. The molecule has 1 fully saturated rings. The first-order valence-corrected chi connectivity index (χ1v) is 13.8. The molecule has 0 spiro atoms. The van der Waals surface area contributed by atoms with E-state index in [1.165, 1.54) is 23.5 Å². The van der Waals surface area contributed by atoms with Gasteiger partial charge >= 0.3 is 18.1 Å². The predicted octanol–water partition coefficient (Wildman–Crippen LogP) is 5.43. The highest BCUT2D eigenvalue weighted by Gasteiger charge is 2.38. The van der Waals surface area contributed by atoms with Crippen LogP contribution in [0.2, 0.25) is 0 Å². The Hall–Kier alpha value is -5.05. The van der Waals surface area contributed by atoms with Crippen molar-refractivity contribution in [3.8, 4) is 5.75 Å². The van der Waals surface area contributed by atoms with Gasteiger partial charge in [-0.2, -0.15) is 13.2 Å². The van der Waals surface area contributed by atoms with Gasteiger partial charge < -0.3 is 25.8 Å². The molecule has 4 aromatic rings. The maximum atomic E-state index is 14.3. The van der Waals surface area contributed by atoms with Crippen LogP contribution in [0.5, 0.6) is 5.75 Å². The number of anilines is 2. The number of nitrogens with one attached hydrogen (secondary N) is 2. The smallest absolute Gasteiger partial charge is 0.475 e. The third-order valence-corrected chi connectivity index (χ3v) is 7.56. The van der Waals surface area contributed by atoms with E-state index in [9.17, 15) is 27.2 Å². The van der Waals surface area contributed by atoms with E-state index < -0.39 is 23.9 Å². The lowest BCUT2D eigenvalue weighted by atomic mass is 9.96. The summed E-state index contributed by atoms with van der Waals surface area (Å²) in [5, 5.41) is 18.3. The van der Waals surface area contributed by atoms with Crippen LogP contribution in [0.25, 0.3) is 10.2 Å². The van der Waals surface area contributed by atoms with Crippen LogP contribution in [-0.2, 0) is 9.59 Å². The second-order valence-corrected chi connectivity index (χ2v) is 10.6. The number of fused-ring (bicyclic) bond motifs is 1. The van der Waals surface area contributed by atoms with Crippen molar-refractivity contribution in [3.05, 3.63) is 83.7 Å². The van der Waals surface area contributed by atoms with Crippen LogP contribution in [0.15, 0.2) is 66.7 Å². The molecule has 44 heavy (non-hydrogen) atoms. The van der Waals surface area contributed by atoms with Crippen molar-refractivity contribution in [3.63, 3.8) is 0 Å². The van der Waals surface area contributed by atoms with Crippen molar-refractivity contribution < 1.29 is 41.8 Å². The average molecular weight is 632 g/mol. The molecular weight excluding hydrogens is 606 g/mol. The largest absolute Gasteiger partial charge is 0.490 e. The highest BCUT2D eigenvalue weighted by atomic mass is 32.1. The fourth-order valence-corrected chi connectivity index (χ4v) is 5.24. The Kier molecular flexibility index (Phi) is 9.78. The fraction of sp³-hybridized carbons (Fsp3) is 0.207. The van der Waals surface area contributed by atoms with Crippen molar-refractivity contribution >= 4 is 56.1 Å². The Morgan fingerprint density at radius 1 is 1.02 bits per heavy atom. The summed E-state index contributed by atoms with van der Waals surface area (Å²) < 4.78 is 52.0. The molecule has 3 aromatic carbocycles. The molecule has 230 valence electrons. The molecule has 0 aliphatic carbocycles. The van der Waals surface area contributed by atoms with Gasteiger partial charge in [-0.15, -0.1) is 0 Å². The van der Waals surface area contributed by atoms with E-state index in [4.69, 9.17) is 30.8 Å². The Morgan fingerprint density at radius 2 is 1.66 bits per heavy atom. The van der Waals surface area contributed by atoms with E-state index in [0.717, 1.165) is 39.9 Å². The molecule has 0 bridgehead atoms. The highest BCUT2D eigenvalue weighted by molar-refractivity contribution is 7.22. The first-order chi connectivity index (χ1) is 20.8. The van der Waals surface area contributed by atoms with Crippen molar-refractivity contribution in [2.24, 2.45) is 11.7 Å². The number of thiazole rings is 1. The number of nitrogens with two attached hydrogens (primary N) is 1. The van der Waals surface area contributed by atoms with Crippen LogP contribution in [0, 0.1) is 17.1 Å². The van der Waals surface area contributed by atoms with Gasteiger partial charge in [-0.3, -0.25) is 10.2 Å². The van der Waals surface area contributed by atoms with Crippen LogP contribution >= 0.6 is 11.3 Å². The van der Waals surface area contributed by atoms with Crippen molar-refractivity contribution in [2.75, 3.05) is 23.3 Å². The highest BCUT2D eigenvalue weighted by Crippen LogP contribution is 2.33. The number of carbonyl (C=O) groups is 3. The van der Waals surface area contributed by atoms with E-state index in [-0.39, 0.29) is 34.5 Å². The molecule has 1 aliphatic rings. The molecule has 1 saturated heterocycles. The molecule has 10 nitrogen and oxygen atoms in total. The zero-order valence-electron chi connectivity index (χ0n) is 22.7. The quantitative estimate of drug-likeness (QED) is 0.0721. The summed E-state index contributed by atoms with van der Waals surface area (Å²) >= 11 is 1.46. The SMILES string of the molecule is N=C(N)c1ccc(OC(=O)c2ccc3nc(N4CCC(C(=O)Nc5ccccc5)CC4)sc3c2)c(F)c1.O=C(O)C(F)(F)F. The van der Waals surface area contributed by atoms with Gasteiger partial charge in [0.15, 0.2) is 16.7 Å². The number of benzene rings is 3. The average Bonchev–Trinajstić information content (AvgIpc) is 3.42. The first kappa shape index (κ1) is 31.9. The monoisotopic (exact) mass is 631 g/mol. The minimum atomic E-state index is -5.08. The summed E-state index contributed by atoms with van der Waals surface area (Å²) in [5.41, 5.74) is 7.39. The summed E-state index contributed by atoms with van der Waals surface area (Å²) in [7, 11) is 0. The number of piperidine rings is 1. The van der Waals surface area contributed by atoms with E-state index >= 15 is 0 Å². The normalized spacial score (nSPS) is 13.5. The molecule has 1 amide bonds. The lowest BCUT2D eigenvalue weighted by Gasteiger charge is -2.31. The molecule has 0 atom stereocenters. The Balaban J connectivity index is 0.000000566. The molecule has 5 N–H and O–H groups in total. The van der Waals surface area contributed by atoms with Crippen LogP contribution < -0.4 is 20.7 Å². The number of rotatable bonds is 6. The number of carboxylic acid groups (broad SMARTS) is 1. The molecule has 0 saturated carbocycles. The van der Waals surface area contributed by atoms with Gasteiger partial charge in [0.1, 0.15) is 5.84 Å². The summed E-state index contributed by atoms with van der Waals surface area (Å²) in [6.07, 6.45) is -3.64. The Labute approximate surface area is 251 Å². The number of nitrogens with zero attached hydrogens (tertiary/aromatic N) is 2. The molecule has 0 radical (unpaired) electrons. The van der Waals surface area contributed by atoms with Crippen LogP contribution in [0.4, 0.5) is 28.4 Å². The number of alkyl halides is 3. The van der Waals surface area contributed by atoms with Crippen molar-refractivity contribution in [2.45, 2.75) is 19.0 Å². The van der Waals surface area contributed by atoms with E-state index in [1.807, 2.05) is 30.3 Å². The number of para-hydroxylation sites is 1. The minimum Gasteiger partial charge on any atom is -0.475 e. The number of esters is 1. The Morgan fingerprint density at radius 3 is 2.25 bits per heavy atom. The lowest BCUT2D eigenvalue weighted by molar-refractivity contribution is -0.192. The summed E-state index contributed by atoms with van der Waals surface area (Å²) in [6, 6.07) is 18.2. The Bertz CT molecular complexity index is 1690.